The first-order chi connectivity index (χ1) is 8.08. The Balaban J connectivity index is 2.08. The van der Waals surface area contributed by atoms with Gasteiger partial charge in [-0.1, -0.05) is 0 Å². The standard InChI is InChI=1S/C12H20N4O/c1-8(2)16-5-3-9(4-6-16)10-7-14-12(13)15-11(10)17/h7-9H,3-6H2,1-2H3,(H3,13,14,15,17). The van der Waals surface area contributed by atoms with Gasteiger partial charge in [0.25, 0.3) is 5.56 Å². The summed E-state index contributed by atoms with van der Waals surface area (Å²) in [6.45, 7) is 6.51. The summed E-state index contributed by atoms with van der Waals surface area (Å²) in [7, 11) is 0. The van der Waals surface area contributed by atoms with Gasteiger partial charge < -0.3 is 10.6 Å². The predicted octanol–water partition coefficient (Wildman–Crippen LogP) is 0.940. The molecule has 5 heteroatoms. The van der Waals surface area contributed by atoms with Crippen molar-refractivity contribution in [2.24, 2.45) is 0 Å². The molecule has 17 heavy (non-hydrogen) atoms. The SMILES string of the molecule is CC(C)N1CCC(c2cnc(N)[nH]c2=O)CC1. The Morgan fingerprint density at radius 1 is 1.47 bits per heavy atom. The lowest BCUT2D eigenvalue weighted by atomic mass is 9.90. The third-order valence-electron chi connectivity index (χ3n) is 3.55. The minimum Gasteiger partial charge on any atom is -0.369 e. The first-order valence-corrected chi connectivity index (χ1v) is 6.16. The molecule has 0 spiro atoms. The molecule has 1 aromatic rings. The summed E-state index contributed by atoms with van der Waals surface area (Å²) in [6, 6.07) is 0.582. The Morgan fingerprint density at radius 2 is 2.12 bits per heavy atom. The van der Waals surface area contributed by atoms with Crippen LogP contribution in [0, 0.1) is 0 Å². The van der Waals surface area contributed by atoms with Gasteiger partial charge in [-0.05, 0) is 45.7 Å². The number of H-pyrrole nitrogens is 1. The normalized spacial score (nSPS) is 18.8. The van der Waals surface area contributed by atoms with E-state index in [0.29, 0.717) is 12.0 Å². The lowest BCUT2D eigenvalue weighted by Crippen LogP contribution is -2.38. The molecule has 0 amide bonds. The van der Waals surface area contributed by atoms with Gasteiger partial charge in [0.15, 0.2) is 5.95 Å². The van der Waals surface area contributed by atoms with Gasteiger partial charge >= 0.3 is 0 Å². The Kier molecular flexibility index (Phi) is 3.47. The lowest BCUT2D eigenvalue weighted by molar-refractivity contribution is 0.171. The zero-order chi connectivity index (χ0) is 12.4. The number of nitrogens with one attached hydrogen (secondary N) is 1. The molecule has 3 N–H and O–H groups in total. The number of hydrogen-bond donors (Lipinski definition) is 2. The van der Waals surface area contributed by atoms with Gasteiger partial charge in [-0.15, -0.1) is 0 Å². The van der Waals surface area contributed by atoms with Gasteiger partial charge in [-0.25, -0.2) is 4.98 Å². The number of anilines is 1. The predicted molar refractivity (Wildman–Crippen MR) is 68.0 cm³/mol. The van der Waals surface area contributed by atoms with Gasteiger partial charge in [0.2, 0.25) is 0 Å². The molecule has 2 rings (SSSR count). The van der Waals surface area contributed by atoms with Crippen LogP contribution in [0.5, 0.6) is 0 Å². The summed E-state index contributed by atoms with van der Waals surface area (Å²) in [4.78, 5) is 20.8. The van der Waals surface area contributed by atoms with Crippen LogP contribution < -0.4 is 11.3 Å². The van der Waals surface area contributed by atoms with Gasteiger partial charge in [0.05, 0.1) is 0 Å². The Labute approximate surface area is 101 Å². The summed E-state index contributed by atoms with van der Waals surface area (Å²) >= 11 is 0. The van der Waals surface area contributed by atoms with Crippen LogP contribution >= 0.6 is 0 Å². The van der Waals surface area contributed by atoms with Gasteiger partial charge in [0, 0.05) is 17.8 Å². The molecule has 1 fully saturated rings. The van der Waals surface area contributed by atoms with E-state index in [1.54, 1.807) is 6.20 Å². The topological polar surface area (TPSA) is 75.0 Å². The summed E-state index contributed by atoms with van der Waals surface area (Å²) in [5.41, 5.74) is 6.14. The molecule has 0 saturated carbocycles. The number of hydrogen-bond acceptors (Lipinski definition) is 4. The molecule has 0 aromatic carbocycles. The molecule has 0 unspecified atom stereocenters. The second-order valence-electron chi connectivity index (χ2n) is 4.96. The van der Waals surface area contributed by atoms with Crippen molar-refractivity contribution in [1.82, 2.24) is 14.9 Å². The number of piperidine rings is 1. The van der Waals surface area contributed by atoms with Crippen molar-refractivity contribution in [2.75, 3.05) is 18.8 Å². The molecule has 1 saturated heterocycles. The Hall–Kier alpha value is -1.36. The minimum atomic E-state index is -0.0829. The van der Waals surface area contributed by atoms with Crippen molar-refractivity contribution >= 4 is 5.95 Å². The highest BCUT2D eigenvalue weighted by Gasteiger charge is 2.23. The second kappa shape index (κ2) is 4.87. The van der Waals surface area contributed by atoms with Crippen molar-refractivity contribution in [3.05, 3.63) is 22.1 Å². The fourth-order valence-electron chi connectivity index (χ4n) is 2.44. The third kappa shape index (κ3) is 2.66. The van der Waals surface area contributed by atoms with E-state index < -0.39 is 0 Å². The lowest BCUT2D eigenvalue weighted by Gasteiger charge is -2.34. The van der Waals surface area contributed by atoms with E-state index in [2.05, 4.69) is 28.7 Å². The monoisotopic (exact) mass is 236 g/mol. The fourth-order valence-corrected chi connectivity index (χ4v) is 2.44. The molecule has 0 bridgehead atoms. The molecule has 1 aliphatic rings. The van der Waals surface area contributed by atoms with Crippen LogP contribution in [0.3, 0.4) is 0 Å². The number of rotatable bonds is 2. The molecule has 1 aliphatic heterocycles. The highest BCUT2D eigenvalue weighted by Crippen LogP contribution is 2.26. The van der Waals surface area contributed by atoms with E-state index in [1.807, 2.05) is 0 Å². The van der Waals surface area contributed by atoms with E-state index >= 15 is 0 Å². The van der Waals surface area contributed by atoms with E-state index in [4.69, 9.17) is 5.73 Å². The number of likely N-dealkylation sites (tertiary alicyclic amines) is 1. The number of aromatic amines is 1. The van der Waals surface area contributed by atoms with Crippen LogP contribution in [-0.2, 0) is 0 Å². The molecular formula is C12H20N4O. The number of aromatic nitrogens is 2. The van der Waals surface area contributed by atoms with E-state index in [1.165, 1.54) is 0 Å². The summed E-state index contributed by atoms with van der Waals surface area (Å²) in [6.07, 6.45) is 3.67. The minimum absolute atomic E-state index is 0.0829. The van der Waals surface area contributed by atoms with Crippen molar-refractivity contribution < 1.29 is 0 Å². The van der Waals surface area contributed by atoms with Crippen molar-refractivity contribution in [3.63, 3.8) is 0 Å². The number of nitrogens with zero attached hydrogens (tertiary/aromatic N) is 2. The van der Waals surface area contributed by atoms with Crippen LogP contribution in [-0.4, -0.2) is 34.0 Å². The molecule has 0 atom stereocenters. The van der Waals surface area contributed by atoms with Gasteiger partial charge in [-0.3, -0.25) is 9.78 Å². The maximum absolute atomic E-state index is 11.8. The van der Waals surface area contributed by atoms with Crippen LogP contribution in [0.2, 0.25) is 0 Å². The largest absolute Gasteiger partial charge is 0.369 e. The van der Waals surface area contributed by atoms with Crippen molar-refractivity contribution in [3.8, 4) is 0 Å². The van der Waals surface area contributed by atoms with Gasteiger partial charge in [0.1, 0.15) is 0 Å². The molecule has 2 heterocycles. The van der Waals surface area contributed by atoms with Crippen LogP contribution in [0.15, 0.2) is 11.0 Å². The average molecular weight is 236 g/mol. The van der Waals surface area contributed by atoms with Crippen molar-refractivity contribution in [2.45, 2.75) is 38.6 Å². The average Bonchev–Trinajstić information content (AvgIpc) is 2.29. The van der Waals surface area contributed by atoms with E-state index in [-0.39, 0.29) is 11.5 Å². The first kappa shape index (κ1) is 12.1. The maximum Gasteiger partial charge on any atom is 0.255 e. The molecule has 1 aromatic heterocycles. The fraction of sp³-hybridized carbons (Fsp3) is 0.667. The van der Waals surface area contributed by atoms with E-state index in [9.17, 15) is 4.79 Å². The smallest absolute Gasteiger partial charge is 0.255 e. The number of nitrogens with two attached hydrogens (primary N) is 1. The zero-order valence-corrected chi connectivity index (χ0v) is 10.4. The number of nitrogen functional groups attached to an aromatic ring is 1. The molecule has 0 radical (unpaired) electrons. The Bertz CT molecular complexity index is 432. The highest BCUT2D eigenvalue weighted by atomic mass is 16.1. The maximum atomic E-state index is 11.8. The summed E-state index contributed by atoms with van der Waals surface area (Å²) in [5.74, 6) is 0.514. The Morgan fingerprint density at radius 3 is 2.65 bits per heavy atom. The van der Waals surface area contributed by atoms with Gasteiger partial charge in [-0.2, -0.15) is 0 Å². The highest BCUT2D eigenvalue weighted by molar-refractivity contribution is 5.20. The van der Waals surface area contributed by atoms with Crippen molar-refractivity contribution in [1.29, 1.82) is 0 Å². The summed E-state index contributed by atoms with van der Waals surface area (Å²) in [5, 5.41) is 0. The van der Waals surface area contributed by atoms with Crippen LogP contribution in [0.1, 0.15) is 38.2 Å². The molecule has 5 nitrogen and oxygen atoms in total. The van der Waals surface area contributed by atoms with Crippen LogP contribution in [0.25, 0.3) is 0 Å². The quantitative estimate of drug-likeness (QED) is 0.801. The second-order valence-corrected chi connectivity index (χ2v) is 4.96. The van der Waals surface area contributed by atoms with Crippen LogP contribution in [0.4, 0.5) is 5.95 Å². The molecular weight excluding hydrogens is 216 g/mol. The zero-order valence-electron chi connectivity index (χ0n) is 10.4. The summed E-state index contributed by atoms with van der Waals surface area (Å²) < 4.78 is 0. The first-order valence-electron chi connectivity index (χ1n) is 6.16. The van der Waals surface area contributed by atoms with E-state index in [0.717, 1.165) is 31.5 Å². The molecule has 0 aliphatic carbocycles. The third-order valence-corrected chi connectivity index (χ3v) is 3.55. The molecule has 94 valence electrons.